The minimum absolute atomic E-state index is 0.659. The van der Waals surface area contributed by atoms with Crippen LogP contribution in [0.15, 0.2) is 42.5 Å². The highest BCUT2D eigenvalue weighted by Gasteiger charge is 2.07. The number of pyridine rings is 1. The summed E-state index contributed by atoms with van der Waals surface area (Å²) in [4.78, 5) is 13.5. The highest BCUT2D eigenvalue weighted by Crippen LogP contribution is 2.14. The molecule has 3 aromatic heterocycles. The standard InChI is InChI=1S/C18H18N6/c1-12-11-13(2)24-18(20-12)22-17(23-24)9-10-19-16-8-7-14-5-3-4-6-15(14)21-16/h3-8,11H,9-10H2,1-2H3,(H,19,21). The van der Waals surface area contributed by atoms with E-state index in [0.717, 1.165) is 46.9 Å². The fourth-order valence-electron chi connectivity index (χ4n) is 2.78. The predicted octanol–water partition coefficient (Wildman–Crippen LogP) is 2.94. The summed E-state index contributed by atoms with van der Waals surface area (Å²) in [5, 5.41) is 8.99. The maximum Gasteiger partial charge on any atom is 0.252 e. The van der Waals surface area contributed by atoms with E-state index in [1.807, 2.05) is 44.2 Å². The van der Waals surface area contributed by atoms with Crippen LogP contribution in [0.5, 0.6) is 0 Å². The largest absolute Gasteiger partial charge is 0.370 e. The average Bonchev–Trinajstić information content (AvgIpc) is 2.98. The average molecular weight is 318 g/mol. The first kappa shape index (κ1) is 14.6. The van der Waals surface area contributed by atoms with Crippen LogP contribution in [0, 0.1) is 13.8 Å². The zero-order valence-electron chi connectivity index (χ0n) is 13.7. The zero-order chi connectivity index (χ0) is 16.5. The first-order chi connectivity index (χ1) is 11.7. The Morgan fingerprint density at radius 3 is 2.79 bits per heavy atom. The molecule has 0 fully saturated rings. The summed E-state index contributed by atoms with van der Waals surface area (Å²) >= 11 is 0. The van der Waals surface area contributed by atoms with Crippen LogP contribution in [0.3, 0.4) is 0 Å². The smallest absolute Gasteiger partial charge is 0.252 e. The second-order valence-electron chi connectivity index (χ2n) is 5.84. The van der Waals surface area contributed by atoms with E-state index in [4.69, 9.17) is 0 Å². The van der Waals surface area contributed by atoms with Crippen molar-refractivity contribution >= 4 is 22.5 Å². The summed E-state index contributed by atoms with van der Waals surface area (Å²) in [6.07, 6.45) is 0.719. The van der Waals surface area contributed by atoms with Crippen LogP contribution < -0.4 is 5.32 Å². The van der Waals surface area contributed by atoms with Gasteiger partial charge in [-0.15, -0.1) is 5.10 Å². The van der Waals surface area contributed by atoms with Gasteiger partial charge >= 0.3 is 0 Å². The normalized spacial score (nSPS) is 11.2. The molecule has 1 N–H and O–H groups in total. The third-order valence-electron chi connectivity index (χ3n) is 3.92. The predicted molar refractivity (Wildman–Crippen MR) is 94.2 cm³/mol. The summed E-state index contributed by atoms with van der Waals surface area (Å²) in [6.45, 7) is 4.70. The number of rotatable bonds is 4. The third kappa shape index (κ3) is 2.78. The molecular formula is C18H18N6. The number of benzene rings is 1. The summed E-state index contributed by atoms with van der Waals surface area (Å²) in [7, 11) is 0. The molecule has 0 radical (unpaired) electrons. The van der Waals surface area contributed by atoms with Crippen molar-refractivity contribution < 1.29 is 0 Å². The highest BCUT2D eigenvalue weighted by atomic mass is 15.3. The molecule has 6 heteroatoms. The molecule has 1 aromatic carbocycles. The lowest BCUT2D eigenvalue weighted by Crippen LogP contribution is -2.07. The van der Waals surface area contributed by atoms with Crippen molar-refractivity contribution in [3.8, 4) is 0 Å². The van der Waals surface area contributed by atoms with Gasteiger partial charge in [-0.1, -0.05) is 18.2 Å². The molecule has 4 aromatic rings. The maximum absolute atomic E-state index is 4.61. The fraction of sp³-hybridized carbons (Fsp3) is 0.222. The molecule has 0 bridgehead atoms. The van der Waals surface area contributed by atoms with Crippen molar-refractivity contribution in [2.75, 3.05) is 11.9 Å². The molecule has 0 unspecified atom stereocenters. The number of hydrogen-bond donors (Lipinski definition) is 1. The van der Waals surface area contributed by atoms with Gasteiger partial charge in [0.1, 0.15) is 5.82 Å². The minimum Gasteiger partial charge on any atom is -0.370 e. The van der Waals surface area contributed by atoms with Crippen LogP contribution in [0.4, 0.5) is 5.82 Å². The zero-order valence-corrected chi connectivity index (χ0v) is 13.7. The molecule has 0 aliphatic carbocycles. The molecule has 0 saturated heterocycles. The lowest BCUT2D eigenvalue weighted by molar-refractivity contribution is 0.833. The maximum atomic E-state index is 4.61. The molecular weight excluding hydrogens is 300 g/mol. The molecule has 0 spiro atoms. The van der Waals surface area contributed by atoms with Gasteiger partial charge in [0, 0.05) is 29.7 Å². The van der Waals surface area contributed by atoms with Gasteiger partial charge in [0.25, 0.3) is 5.78 Å². The second kappa shape index (κ2) is 5.88. The number of hydrogen-bond acceptors (Lipinski definition) is 5. The number of nitrogens with zero attached hydrogens (tertiary/aromatic N) is 5. The molecule has 0 amide bonds. The van der Waals surface area contributed by atoms with E-state index in [-0.39, 0.29) is 0 Å². The number of anilines is 1. The van der Waals surface area contributed by atoms with Gasteiger partial charge in [-0.3, -0.25) is 0 Å². The first-order valence-electron chi connectivity index (χ1n) is 7.98. The second-order valence-corrected chi connectivity index (χ2v) is 5.84. The van der Waals surface area contributed by atoms with E-state index in [9.17, 15) is 0 Å². The molecule has 120 valence electrons. The van der Waals surface area contributed by atoms with E-state index < -0.39 is 0 Å². The van der Waals surface area contributed by atoms with Crippen molar-refractivity contribution in [2.24, 2.45) is 0 Å². The van der Waals surface area contributed by atoms with Gasteiger partial charge in [-0.25, -0.2) is 14.5 Å². The first-order valence-corrected chi connectivity index (χ1v) is 7.98. The highest BCUT2D eigenvalue weighted by molar-refractivity contribution is 5.80. The Labute approximate surface area is 139 Å². The summed E-state index contributed by atoms with van der Waals surface area (Å²) in [6, 6.07) is 14.2. The van der Waals surface area contributed by atoms with Crippen molar-refractivity contribution in [1.82, 2.24) is 24.6 Å². The van der Waals surface area contributed by atoms with E-state index in [1.54, 1.807) is 4.52 Å². The Hall–Kier alpha value is -3.02. The van der Waals surface area contributed by atoms with Crippen molar-refractivity contribution in [1.29, 1.82) is 0 Å². The third-order valence-corrected chi connectivity index (χ3v) is 3.92. The number of nitrogens with one attached hydrogen (secondary N) is 1. The molecule has 0 aliphatic heterocycles. The molecule has 3 heterocycles. The van der Waals surface area contributed by atoms with Gasteiger partial charge in [-0.2, -0.15) is 4.98 Å². The van der Waals surface area contributed by atoms with Gasteiger partial charge in [0.2, 0.25) is 0 Å². The number of aryl methyl sites for hydroxylation is 2. The quantitative estimate of drug-likeness (QED) is 0.626. The SMILES string of the molecule is Cc1cc(C)n2nc(CCNc3ccc4ccccc4n3)nc2n1. The lowest BCUT2D eigenvalue weighted by atomic mass is 10.2. The molecule has 4 rings (SSSR count). The molecule has 24 heavy (non-hydrogen) atoms. The van der Waals surface area contributed by atoms with Crippen LogP contribution in [0.2, 0.25) is 0 Å². The Balaban J connectivity index is 1.47. The van der Waals surface area contributed by atoms with Gasteiger partial charge in [0.05, 0.1) is 5.52 Å². The molecule has 0 aliphatic rings. The van der Waals surface area contributed by atoms with Crippen LogP contribution in [0.1, 0.15) is 17.2 Å². The van der Waals surface area contributed by atoms with Crippen LogP contribution in [0.25, 0.3) is 16.7 Å². The lowest BCUT2D eigenvalue weighted by Gasteiger charge is -2.05. The molecule has 6 nitrogen and oxygen atoms in total. The number of para-hydroxylation sites is 1. The number of aromatic nitrogens is 5. The van der Waals surface area contributed by atoms with Crippen LogP contribution in [-0.2, 0) is 6.42 Å². The molecule has 0 saturated carbocycles. The molecule has 0 atom stereocenters. The minimum atomic E-state index is 0.659. The fourth-order valence-corrected chi connectivity index (χ4v) is 2.78. The van der Waals surface area contributed by atoms with Gasteiger partial charge in [-0.05, 0) is 38.1 Å². The Kier molecular flexibility index (Phi) is 3.57. The van der Waals surface area contributed by atoms with Crippen molar-refractivity contribution in [3.05, 3.63) is 59.7 Å². The summed E-state index contributed by atoms with van der Waals surface area (Å²) in [5.74, 6) is 2.30. The number of fused-ring (bicyclic) bond motifs is 2. The van der Waals surface area contributed by atoms with E-state index in [0.29, 0.717) is 5.78 Å². The van der Waals surface area contributed by atoms with Crippen LogP contribution >= 0.6 is 0 Å². The van der Waals surface area contributed by atoms with Crippen molar-refractivity contribution in [2.45, 2.75) is 20.3 Å². The van der Waals surface area contributed by atoms with Gasteiger partial charge in [0.15, 0.2) is 5.82 Å². The Morgan fingerprint density at radius 1 is 1.00 bits per heavy atom. The van der Waals surface area contributed by atoms with Gasteiger partial charge < -0.3 is 5.32 Å². The topological polar surface area (TPSA) is 68.0 Å². The Morgan fingerprint density at radius 2 is 1.88 bits per heavy atom. The van der Waals surface area contributed by atoms with E-state index in [1.165, 1.54) is 0 Å². The van der Waals surface area contributed by atoms with Crippen LogP contribution in [-0.4, -0.2) is 31.1 Å². The monoisotopic (exact) mass is 318 g/mol. The Bertz CT molecular complexity index is 1020. The summed E-state index contributed by atoms with van der Waals surface area (Å²) in [5.41, 5.74) is 2.99. The van der Waals surface area contributed by atoms with E-state index in [2.05, 4.69) is 37.5 Å². The summed E-state index contributed by atoms with van der Waals surface area (Å²) < 4.78 is 1.79. The van der Waals surface area contributed by atoms with E-state index >= 15 is 0 Å². The van der Waals surface area contributed by atoms with Crippen molar-refractivity contribution in [3.63, 3.8) is 0 Å².